The SMILES string of the molecule is Br.Cc1cc(-c2ccc3nnc(COc4ccnc5cc(O)ccc45)n3c2)on1. The molecule has 1 N–H and O–H groups in total. The zero-order chi connectivity index (χ0) is 19.1. The number of aryl methyl sites for hydroxylation is 1. The number of phenolic OH excluding ortho intramolecular Hbond substituents is 1. The molecule has 0 saturated carbocycles. The smallest absolute Gasteiger partial charge is 0.175 e. The van der Waals surface area contributed by atoms with E-state index in [0.29, 0.717) is 28.5 Å². The van der Waals surface area contributed by atoms with Crippen molar-refractivity contribution in [3.05, 3.63) is 66.4 Å². The Morgan fingerprint density at radius 1 is 1.10 bits per heavy atom. The molecule has 0 atom stereocenters. The minimum atomic E-state index is 0. The molecule has 1 aromatic carbocycles. The van der Waals surface area contributed by atoms with Crippen molar-refractivity contribution in [1.82, 2.24) is 24.7 Å². The van der Waals surface area contributed by atoms with Crippen LogP contribution in [0.15, 0.2) is 59.4 Å². The molecule has 5 rings (SSSR count). The van der Waals surface area contributed by atoms with Gasteiger partial charge in [-0.1, -0.05) is 5.16 Å². The van der Waals surface area contributed by atoms with Gasteiger partial charge in [0, 0.05) is 35.5 Å². The van der Waals surface area contributed by atoms with Gasteiger partial charge in [-0.2, -0.15) is 0 Å². The third-order valence-electron chi connectivity index (χ3n) is 4.43. The van der Waals surface area contributed by atoms with Crippen LogP contribution in [0, 0.1) is 6.92 Å². The number of phenols is 1. The molecule has 0 amide bonds. The lowest BCUT2D eigenvalue weighted by Gasteiger charge is -2.08. The van der Waals surface area contributed by atoms with Crippen LogP contribution in [0.2, 0.25) is 0 Å². The topological polar surface area (TPSA) is 98.6 Å². The van der Waals surface area contributed by atoms with Crippen LogP contribution in [0.25, 0.3) is 27.9 Å². The predicted molar refractivity (Wildman–Crippen MR) is 111 cm³/mol. The van der Waals surface area contributed by atoms with Crippen molar-refractivity contribution in [1.29, 1.82) is 0 Å². The Hall–Kier alpha value is -3.46. The Labute approximate surface area is 175 Å². The largest absolute Gasteiger partial charge is 0.508 e. The summed E-state index contributed by atoms with van der Waals surface area (Å²) in [6, 6.07) is 12.4. The molecular weight excluding hydrogens is 438 g/mol. The summed E-state index contributed by atoms with van der Waals surface area (Å²) in [4.78, 5) is 4.26. The first-order valence-electron chi connectivity index (χ1n) is 8.65. The first-order valence-corrected chi connectivity index (χ1v) is 8.65. The van der Waals surface area contributed by atoms with E-state index in [9.17, 15) is 5.11 Å². The Kier molecular flexibility index (Phi) is 4.89. The molecule has 0 radical (unpaired) electrons. The molecule has 0 saturated heterocycles. The number of nitrogens with zero attached hydrogens (tertiary/aromatic N) is 5. The maximum atomic E-state index is 9.63. The molecule has 0 fully saturated rings. The molecule has 0 unspecified atom stereocenters. The molecule has 29 heavy (non-hydrogen) atoms. The number of aromatic hydroxyl groups is 1. The Balaban J connectivity index is 0.00000205. The Morgan fingerprint density at radius 2 is 2.00 bits per heavy atom. The second kappa shape index (κ2) is 7.51. The fraction of sp³-hybridized carbons (Fsp3) is 0.100. The monoisotopic (exact) mass is 453 g/mol. The minimum Gasteiger partial charge on any atom is -0.508 e. The predicted octanol–water partition coefficient (Wildman–Crippen LogP) is 4.10. The highest BCUT2D eigenvalue weighted by Gasteiger charge is 2.11. The molecule has 0 aliphatic heterocycles. The number of hydrogen-bond acceptors (Lipinski definition) is 7. The van der Waals surface area contributed by atoms with Gasteiger partial charge in [0.2, 0.25) is 0 Å². The zero-order valence-corrected chi connectivity index (χ0v) is 17.0. The molecule has 0 spiro atoms. The van der Waals surface area contributed by atoms with Crippen molar-refractivity contribution in [3.8, 4) is 22.8 Å². The van der Waals surface area contributed by atoms with Gasteiger partial charge in [0.25, 0.3) is 0 Å². The summed E-state index contributed by atoms with van der Waals surface area (Å²) in [5.41, 5.74) is 3.06. The van der Waals surface area contributed by atoms with Crippen molar-refractivity contribution in [2.75, 3.05) is 0 Å². The maximum absolute atomic E-state index is 9.63. The number of aromatic nitrogens is 5. The van der Waals surface area contributed by atoms with E-state index in [-0.39, 0.29) is 29.3 Å². The molecule has 146 valence electrons. The molecule has 0 bridgehead atoms. The van der Waals surface area contributed by atoms with Crippen LogP contribution in [0.4, 0.5) is 0 Å². The van der Waals surface area contributed by atoms with Gasteiger partial charge in [-0.25, -0.2) is 0 Å². The van der Waals surface area contributed by atoms with E-state index < -0.39 is 0 Å². The number of halogens is 1. The molecular formula is C20H16BrN5O3. The normalized spacial score (nSPS) is 10.9. The minimum absolute atomic E-state index is 0. The van der Waals surface area contributed by atoms with Crippen LogP contribution in [0.1, 0.15) is 11.5 Å². The van der Waals surface area contributed by atoms with Gasteiger partial charge in [0.05, 0.1) is 11.2 Å². The average Bonchev–Trinajstić information content (AvgIpc) is 3.31. The summed E-state index contributed by atoms with van der Waals surface area (Å²) < 4.78 is 13.2. The standard InChI is InChI=1S/C20H15N5O3.BrH/c1-12-8-18(28-24-12)13-2-5-19-22-23-20(25(19)10-13)11-27-17-6-7-21-16-9-14(26)3-4-15(16)17;/h2-10,26H,11H2,1H3;1H. The quantitative estimate of drug-likeness (QED) is 0.437. The van der Waals surface area contributed by atoms with E-state index in [0.717, 1.165) is 16.6 Å². The number of hydrogen-bond donors (Lipinski definition) is 1. The molecule has 4 heterocycles. The Bertz CT molecular complexity index is 1310. The van der Waals surface area contributed by atoms with E-state index in [1.165, 1.54) is 0 Å². The summed E-state index contributed by atoms with van der Waals surface area (Å²) >= 11 is 0. The summed E-state index contributed by atoms with van der Waals surface area (Å²) in [5.74, 6) is 2.15. The number of benzene rings is 1. The van der Waals surface area contributed by atoms with E-state index in [4.69, 9.17) is 9.26 Å². The van der Waals surface area contributed by atoms with E-state index in [1.54, 1.807) is 30.5 Å². The number of rotatable bonds is 4. The van der Waals surface area contributed by atoms with Gasteiger partial charge in [0.1, 0.15) is 18.1 Å². The summed E-state index contributed by atoms with van der Waals surface area (Å²) in [6.45, 7) is 2.10. The van der Waals surface area contributed by atoms with Gasteiger partial charge in [-0.15, -0.1) is 27.2 Å². The molecule has 8 nitrogen and oxygen atoms in total. The lowest BCUT2D eigenvalue weighted by atomic mass is 10.2. The molecule has 4 aromatic heterocycles. The fourth-order valence-corrected chi connectivity index (χ4v) is 3.06. The van der Waals surface area contributed by atoms with Crippen molar-refractivity contribution >= 4 is 33.5 Å². The van der Waals surface area contributed by atoms with Gasteiger partial charge < -0.3 is 14.4 Å². The third kappa shape index (κ3) is 3.52. The van der Waals surface area contributed by atoms with Gasteiger partial charge in [0.15, 0.2) is 17.2 Å². The van der Waals surface area contributed by atoms with Gasteiger partial charge in [-0.3, -0.25) is 9.38 Å². The highest BCUT2D eigenvalue weighted by molar-refractivity contribution is 8.93. The second-order valence-electron chi connectivity index (χ2n) is 6.39. The Morgan fingerprint density at radius 3 is 2.83 bits per heavy atom. The van der Waals surface area contributed by atoms with Gasteiger partial charge in [-0.05, 0) is 37.3 Å². The molecule has 9 heteroatoms. The highest BCUT2D eigenvalue weighted by Crippen LogP contribution is 2.27. The second-order valence-corrected chi connectivity index (χ2v) is 6.39. The van der Waals surface area contributed by atoms with Crippen LogP contribution in [0.5, 0.6) is 11.5 Å². The lowest BCUT2D eigenvalue weighted by Crippen LogP contribution is -2.02. The third-order valence-corrected chi connectivity index (χ3v) is 4.43. The number of pyridine rings is 2. The molecule has 0 aliphatic carbocycles. The summed E-state index contributed by atoms with van der Waals surface area (Å²) in [7, 11) is 0. The van der Waals surface area contributed by atoms with E-state index in [1.807, 2.05) is 35.7 Å². The van der Waals surface area contributed by atoms with Crippen molar-refractivity contribution in [3.63, 3.8) is 0 Å². The van der Waals surface area contributed by atoms with E-state index in [2.05, 4.69) is 20.3 Å². The fourth-order valence-electron chi connectivity index (χ4n) is 3.06. The van der Waals surface area contributed by atoms with Crippen molar-refractivity contribution in [2.45, 2.75) is 13.5 Å². The lowest BCUT2D eigenvalue weighted by molar-refractivity contribution is 0.298. The van der Waals surface area contributed by atoms with Crippen LogP contribution in [-0.4, -0.2) is 29.8 Å². The maximum Gasteiger partial charge on any atom is 0.175 e. The van der Waals surface area contributed by atoms with Crippen LogP contribution < -0.4 is 4.74 Å². The molecule has 5 aromatic rings. The zero-order valence-electron chi connectivity index (χ0n) is 15.3. The van der Waals surface area contributed by atoms with Crippen LogP contribution in [0.3, 0.4) is 0 Å². The van der Waals surface area contributed by atoms with Crippen LogP contribution >= 0.6 is 17.0 Å². The number of ether oxygens (including phenoxy) is 1. The molecule has 0 aliphatic rings. The summed E-state index contributed by atoms with van der Waals surface area (Å²) in [5, 5.41) is 22.8. The van der Waals surface area contributed by atoms with Crippen molar-refractivity contribution in [2.24, 2.45) is 0 Å². The van der Waals surface area contributed by atoms with Crippen molar-refractivity contribution < 1.29 is 14.4 Å². The first kappa shape index (κ1) is 18.9. The number of fused-ring (bicyclic) bond motifs is 2. The van der Waals surface area contributed by atoms with Crippen LogP contribution in [-0.2, 0) is 6.61 Å². The van der Waals surface area contributed by atoms with E-state index >= 15 is 0 Å². The van der Waals surface area contributed by atoms with Gasteiger partial charge >= 0.3 is 0 Å². The summed E-state index contributed by atoms with van der Waals surface area (Å²) in [6.07, 6.45) is 3.54. The first-order chi connectivity index (χ1) is 13.7. The average molecular weight is 454 g/mol. The highest BCUT2D eigenvalue weighted by atomic mass is 79.9.